The second kappa shape index (κ2) is 12.2. The molecule has 0 radical (unpaired) electrons. The lowest BCUT2D eigenvalue weighted by Gasteiger charge is -2.20. The van der Waals surface area contributed by atoms with Gasteiger partial charge in [-0.2, -0.15) is 0 Å². The smallest absolute Gasteiger partial charge is 0.344 e. The van der Waals surface area contributed by atoms with Gasteiger partial charge in [-0.05, 0) is 59.7 Å². The fraction of sp³-hybridized carbons (Fsp3) is 0.143. The van der Waals surface area contributed by atoms with Gasteiger partial charge in [-0.15, -0.1) is 0 Å². The van der Waals surface area contributed by atoms with Gasteiger partial charge in [0, 0.05) is 12.4 Å². The van der Waals surface area contributed by atoms with Crippen LogP contribution < -0.4 is 19.5 Å². The standard InChI is InChI=1S/C28H25N3O6/c1-34-21-11-7-19(8-12-21)26(20-9-13-22(35-2)14-10-20)31-25(32)18-36-28(33)24-6-4-16-30-27(24)37-23-5-3-15-29-17-23/h3-17,26H,18H2,1-2H3,(H,31,32). The Balaban J connectivity index is 1.46. The molecule has 37 heavy (non-hydrogen) atoms. The first-order valence-corrected chi connectivity index (χ1v) is 11.3. The summed E-state index contributed by atoms with van der Waals surface area (Å²) < 4.78 is 21.4. The molecule has 2 aromatic carbocycles. The predicted octanol–water partition coefficient (Wildman–Crippen LogP) is 4.35. The second-order valence-corrected chi connectivity index (χ2v) is 7.77. The third-order valence-corrected chi connectivity index (χ3v) is 5.38. The number of amides is 1. The summed E-state index contributed by atoms with van der Waals surface area (Å²) in [6.07, 6.45) is 4.59. The lowest BCUT2D eigenvalue weighted by atomic mass is 9.98. The van der Waals surface area contributed by atoms with Crippen molar-refractivity contribution in [2.45, 2.75) is 6.04 Å². The van der Waals surface area contributed by atoms with Crippen LogP contribution in [-0.4, -0.2) is 42.7 Å². The van der Waals surface area contributed by atoms with Gasteiger partial charge in [0.15, 0.2) is 6.61 Å². The number of nitrogens with zero attached hydrogens (tertiary/aromatic N) is 2. The molecule has 1 N–H and O–H groups in total. The van der Waals surface area contributed by atoms with Crippen LogP contribution >= 0.6 is 0 Å². The molecule has 0 spiro atoms. The van der Waals surface area contributed by atoms with Gasteiger partial charge in [-0.3, -0.25) is 9.78 Å². The number of carbonyl (C=O) groups excluding carboxylic acids is 2. The number of rotatable bonds is 10. The summed E-state index contributed by atoms with van der Waals surface area (Å²) in [5, 5.41) is 2.93. The lowest BCUT2D eigenvalue weighted by molar-refractivity contribution is -0.124. The van der Waals surface area contributed by atoms with Gasteiger partial charge in [-0.25, -0.2) is 9.78 Å². The molecule has 9 heteroatoms. The van der Waals surface area contributed by atoms with Gasteiger partial charge in [0.2, 0.25) is 5.88 Å². The monoisotopic (exact) mass is 499 g/mol. The summed E-state index contributed by atoms with van der Waals surface area (Å²) >= 11 is 0. The molecule has 4 aromatic rings. The van der Waals surface area contributed by atoms with Crippen LogP contribution in [0.4, 0.5) is 0 Å². The topological polar surface area (TPSA) is 109 Å². The van der Waals surface area contributed by atoms with E-state index >= 15 is 0 Å². The highest BCUT2D eigenvalue weighted by Crippen LogP contribution is 2.26. The van der Waals surface area contributed by atoms with Crippen molar-refractivity contribution < 1.29 is 28.5 Å². The number of nitrogens with one attached hydrogen (secondary N) is 1. The zero-order valence-corrected chi connectivity index (χ0v) is 20.3. The van der Waals surface area contributed by atoms with Crippen LogP contribution in [0.5, 0.6) is 23.1 Å². The van der Waals surface area contributed by atoms with Gasteiger partial charge in [0.25, 0.3) is 5.91 Å². The van der Waals surface area contributed by atoms with Crippen LogP contribution in [-0.2, 0) is 9.53 Å². The van der Waals surface area contributed by atoms with Crippen LogP contribution in [0.15, 0.2) is 91.4 Å². The van der Waals surface area contributed by atoms with Crippen LogP contribution in [0.2, 0.25) is 0 Å². The molecule has 1 amide bonds. The summed E-state index contributed by atoms with van der Waals surface area (Å²) in [7, 11) is 3.17. The number of methoxy groups -OCH3 is 2. The highest BCUT2D eigenvalue weighted by atomic mass is 16.5. The molecule has 0 aliphatic heterocycles. The quantitative estimate of drug-likeness (QED) is 0.321. The van der Waals surface area contributed by atoms with E-state index in [4.69, 9.17) is 18.9 Å². The van der Waals surface area contributed by atoms with Crippen molar-refractivity contribution in [1.29, 1.82) is 0 Å². The zero-order chi connectivity index (χ0) is 26.0. The molecule has 0 fully saturated rings. The van der Waals surface area contributed by atoms with Crippen LogP contribution in [0, 0.1) is 0 Å². The molecule has 4 rings (SSSR count). The van der Waals surface area contributed by atoms with Crippen molar-refractivity contribution in [1.82, 2.24) is 15.3 Å². The summed E-state index contributed by atoms with van der Waals surface area (Å²) in [6.45, 7) is -0.497. The van der Waals surface area contributed by atoms with E-state index < -0.39 is 24.5 Å². The first kappa shape index (κ1) is 25.2. The number of hydrogen-bond acceptors (Lipinski definition) is 8. The van der Waals surface area contributed by atoms with Crippen molar-refractivity contribution in [2.75, 3.05) is 20.8 Å². The molecular weight excluding hydrogens is 474 g/mol. The molecule has 0 saturated carbocycles. The first-order valence-electron chi connectivity index (χ1n) is 11.3. The molecule has 0 aliphatic rings. The van der Waals surface area contributed by atoms with E-state index in [1.807, 2.05) is 48.5 Å². The van der Waals surface area contributed by atoms with Crippen LogP contribution in [0.3, 0.4) is 0 Å². The average Bonchev–Trinajstić information content (AvgIpc) is 2.95. The minimum absolute atomic E-state index is 0.0512. The Morgan fingerprint density at radius 1 is 0.811 bits per heavy atom. The van der Waals surface area contributed by atoms with E-state index in [0.29, 0.717) is 17.2 Å². The third-order valence-electron chi connectivity index (χ3n) is 5.38. The molecular formula is C28H25N3O6. The second-order valence-electron chi connectivity index (χ2n) is 7.77. The molecule has 188 valence electrons. The summed E-state index contributed by atoms with van der Waals surface area (Å²) in [5.41, 5.74) is 1.73. The highest BCUT2D eigenvalue weighted by Gasteiger charge is 2.21. The maximum absolute atomic E-state index is 12.9. The van der Waals surface area contributed by atoms with E-state index in [1.54, 1.807) is 38.6 Å². The average molecular weight is 500 g/mol. The summed E-state index contributed by atoms with van der Waals surface area (Å²) in [5.74, 6) is 0.623. The van der Waals surface area contributed by atoms with E-state index in [2.05, 4.69) is 15.3 Å². The van der Waals surface area contributed by atoms with Gasteiger partial charge in [0.05, 0.1) is 26.5 Å². The minimum atomic E-state index is -0.743. The van der Waals surface area contributed by atoms with E-state index in [9.17, 15) is 9.59 Å². The van der Waals surface area contributed by atoms with Gasteiger partial charge in [-0.1, -0.05) is 24.3 Å². The molecule has 0 saturated heterocycles. The Kier molecular flexibility index (Phi) is 8.28. The largest absolute Gasteiger partial charge is 0.497 e. The van der Waals surface area contributed by atoms with Gasteiger partial charge < -0.3 is 24.3 Å². The number of hydrogen-bond donors (Lipinski definition) is 1. The molecule has 0 unspecified atom stereocenters. The Hall–Kier alpha value is -4.92. The van der Waals surface area contributed by atoms with Crippen LogP contribution in [0.25, 0.3) is 0 Å². The number of esters is 1. The Labute approximate surface area is 214 Å². The molecule has 0 atom stereocenters. The minimum Gasteiger partial charge on any atom is -0.497 e. The van der Waals surface area contributed by atoms with Crippen molar-refractivity contribution in [3.8, 4) is 23.1 Å². The normalized spacial score (nSPS) is 10.5. The number of ether oxygens (including phenoxy) is 4. The van der Waals surface area contributed by atoms with Gasteiger partial charge >= 0.3 is 5.97 Å². The molecule has 9 nitrogen and oxygen atoms in total. The number of pyridine rings is 2. The predicted molar refractivity (Wildman–Crippen MR) is 135 cm³/mol. The third kappa shape index (κ3) is 6.61. The number of carbonyl (C=O) groups is 2. The Bertz CT molecular complexity index is 1280. The Morgan fingerprint density at radius 3 is 2.00 bits per heavy atom. The molecule has 2 aromatic heterocycles. The summed E-state index contributed by atoms with van der Waals surface area (Å²) in [4.78, 5) is 33.7. The zero-order valence-electron chi connectivity index (χ0n) is 20.3. The molecule has 0 aliphatic carbocycles. The lowest BCUT2D eigenvalue weighted by Crippen LogP contribution is -2.33. The first-order chi connectivity index (χ1) is 18.1. The molecule has 2 heterocycles. The van der Waals surface area contributed by atoms with E-state index in [-0.39, 0.29) is 11.4 Å². The van der Waals surface area contributed by atoms with Crippen molar-refractivity contribution in [3.05, 3.63) is 108 Å². The van der Waals surface area contributed by atoms with Gasteiger partial charge in [0.1, 0.15) is 22.8 Å². The number of benzene rings is 2. The van der Waals surface area contributed by atoms with Crippen molar-refractivity contribution >= 4 is 11.9 Å². The van der Waals surface area contributed by atoms with Crippen molar-refractivity contribution in [2.24, 2.45) is 0 Å². The van der Waals surface area contributed by atoms with E-state index in [1.165, 1.54) is 18.5 Å². The van der Waals surface area contributed by atoms with Crippen LogP contribution in [0.1, 0.15) is 27.5 Å². The fourth-order valence-corrected chi connectivity index (χ4v) is 3.51. The maximum Gasteiger partial charge on any atom is 0.344 e. The number of aromatic nitrogens is 2. The highest BCUT2D eigenvalue weighted by molar-refractivity contribution is 5.93. The summed E-state index contributed by atoms with van der Waals surface area (Å²) in [6, 6.07) is 20.7. The van der Waals surface area contributed by atoms with Crippen molar-refractivity contribution in [3.63, 3.8) is 0 Å². The molecule has 0 bridgehead atoms. The maximum atomic E-state index is 12.9. The van der Waals surface area contributed by atoms with E-state index in [0.717, 1.165) is 11.1 Å². The SMILES string of the molecule is COc1ccc(C(NC(=O)COC(=O)c2cccnc2Oc2cccnc2)c2ccc(OC)cc2)cc1. The Morgan fingerprint density at radius 2 is 1.43 bits per heavy atom. The fourth-order valence-electron chi connectivity index (χ4n) is 3.51.